The summed E-state index contributed by atoms with van der Waals surface area (Å²) in [5.74, 6) is -3.67. The van der Waals surface area contributed by atoms with Crippen LogP contribution in [0.5, 0.6) is 0 Å². The van der Waals surface area contributed by atoms with Crippen LogP contribution >= 0.6 is 0 Å². The molecule has 0 saturated heterocycles. The summed E-state index contributed by atoms with van der Waals surface area (Å²) in [6.45, 7) is 4.59. The average molecular weight is 336 g/mol. The van der Waals surface area contributed by atoms with Gasteiger partial charge in [-0.2, -0.15) is 0 Å². The summed E-state index contributed by atoms with van der Waals surface area (Å²) in [6.07, 6.45) is 1.79. The number of ether oxygens (including phenoxy) is 2. The summed E-state index contributed by atoms with van der Waals surface area (Å²) < 4.78 is 56.4. The van der Waals surface area contributed by atoms with E-state index in [-0.39, 0.29) is 12.0 Å². The fourth-order valence-electron chi connectivity index (χ4n) is 2.30. The van der Waals surface area contributed by atoms with E-state index >= 15 is 0 Å². The molecule has 0 bridgehead atoms. The maximum atomic E-state index is 13.5. The monoisotopic (exact) mass is 336 g/mol. The summed E-state index contributed by atoms with van der Waals surface area (Å²) in [4.78, 5) is 0. The van der Waals surface area contributed by atoms with E-state index in [1.54, 1.807) is 0 Å². The second kappa shape index (κ2) is 9.29. The minimum Gasteiger partial charge on any atom is -0.380 e. The predicted octanol–water partition coefficient (Wildman–Crippen LogP) is 2.84. The van der Waals surface area contributed by atoms with Gasteiger partial charge in [0.15, 0.2) is 10.5 Å². The van der Waals surface area contributed by atoms with E-state index in [9.17, 15) is 13.2 Å². The van der Waals surface area contributed by atoms with E-state index in [4.69, 9.17) is 13.9 Å². The SMILES string of the molecule is CCOC(CCCCc1c(F)cc(F)cc1F)(O[SiH3])OCC. The molecule has 0 aromatic heterocycles. The van der Waals surface area contributed by atoms with Crippen molar-refractivity contribution < 1.29 is 27.1 Å². The molecular weight excluding hydrogens is 313 g/mol. The van der Waals surface area contributed by atoms with Gasteiger partial charge in [-0.15, -0.1) is 0 Å². The highest BCUT2D eigenvalue weighted by Gasteiger charge is 2.30. The van der Waals surface area contributed by atoms with Gasteiger partial charge in [0.2, 0.25) is 0 Å². The van der Waals surface area contributed by atoms with E-state index in [1.807, 2.05) is 13.8 Å². The lowest BCUT2D eigenvalue weighted by atomic mass is 10.1. The molecule has 3 nitrogen and oxygen atoms in total. The minimum atomic E-state index is -1.06. The number of benzene rings is 1. The summed E-state index contributed by atoms with van der Waals surface area (Å²) >= 11 is 0. The molecular formula is C15H23F3O3Si. The second-order valence-corrected chi connectivity index (χ2v) is 5.22. The molecule has 0 amide bonds. The largest absolute Gasteiger partial charge is 0.380 e. The van der Waals surface area contributed by atoms with Gasteiger partial charge in [-0.3, -0.25) is 0 Å². The molecule has 1 aromatic carbocycles. The first-order valence-corrected chi connectivity index (χ1v) is 8.26. The fraction of sp³-hybridized carbons (Fsp3) is 0.600. The molecule has 0 N–H and O–H groups in total. The van der Waals surface area contributed by atoms with Gasteiger partial charge in [0.1, 0.15) is 17.5 Å². The molecule has 7 heteroatoms. The van der Waals surface area contributed by atoms with Crippen molar-refractivity contribution >= 4 is 10.5 Å². The molecule has 126 valence electrons. The van der Waals surface area contributed by atoms with Crippen LogP contribution < -0.4 is 0 Å². The average Bonchev–Trinajstić information content (AvgIpc) is 2.45. The van der Waals surface area contributed by atoms with E-state index < -0.39 is 23.4 Å². The molecule has 0 aliphatic rings. The van der Waals surface area contributed by atoms with Crippen LogP contribution in [0.25, 0.3) is 0 Å². The summed E-state index contributed by atoms with van der Waals surface area (Å²) in [7, 11) is 0.453. The van der Waals surface area contributed by atoms with Crippen LogP contribution in [0.4, 0.5) is 13.2 Å². The molecule has 1 rings (SSSR count). The van der Waals surface area contributed by atoms with Crippen LogP contribution in [0.15, 0.2) is 12.1 Å². The molecule has 0 unspecified atom stereocenters. The quantitative estimate of drug-likeness (QED) is 0.374. The Morgan fingerprint density at radius 1 is 1.00 bits per heavy atom. The normalized spacial score (nSPS) is 12.0. The van der Waals surface area contributed by atoms with Gasteiger partial charge in [-0.1, -0.05) is 0 Å². The van der Waals surface area contributed by atoms with Gasteiger partial charge in [-0.25, -0.2) is 13.2 Å². The van der Waals surface area contributed by atoms with Crippen LogP contribution in [0.3, 0.4) is 0 Å². The van der Waals surface area contributed by atoms with Crippen molar-refractivity contribution in [2.75, 3.05) is 13.2 Å². The van der Waals surface area contributed by atoms with Gasteiger partial charge in [0, 0.05) is 37.3 Å². The highest BCUT2D eigenvalue weighted by atomic mass is 28.2. The highest BCUT2D eigenvalue weighted by Crippen LogP contribution is 2.24. The Hall–Kier alpha value is -0.893. The Kier molecular flexibility index (Phi) is 8.09. The van der Waals surface area contributed by atoms with Crippen molar-refractivity contribution in [2.24, 2.45) is 0 Å². The van der Waals surface area contributed by atoms with E-state index in [0.717, 1.165) is 0 Å². The molecule has 0 spiro atoms. The molecule has 0 heterocycles. The smallest absolute Gasteiger partial charge is 0.272 e. The number of unbranched alkanes of at least 4 members (excludes halogenated alkanes) is 1. The molecule has 22 heavy (non-hydrogen) atoms. The van der Waals surface area contributed by atoms with Gasteiger partial charge in [0.05, 0.1) is 0 Å². The van der Waals surface area contributed by atoms with Crippen molar-refractivity contribution in [3.63, 3.8) is 0 Å². The topological polar surface area (TPSA) is 27.7 Å². The molecule has 0 atom stereocenters. The zero-order chi connectivity index (χ0) is 16.6. The third-order valence-corrected chi connectivity index (χ3v) is 3.93. The Morgan fingerprint density at radius 3 is 2.00 bits per heavy atom. The number of rotatable bonds is 10. The van der Waals surface area contributed by atoms with Crippen molar-refractivity contribution in [3.8, 4) is 0 Å². The number of hydrogen-bond donors (Lipinski definition) is 0. The fourth-order valence-corrected chi connectivity index (χ4v) is 2.74. The second-order valence-electron chi connectivity index (χ2n) is 4.81. The Balaban J connectivity index is 2.56. The summed E-state index contributed by atoms with van der Waals surface area (Å²) in [5.41, 5.74) is -0.0911. The Bertz CT molecular complexity index is 442. The molecule has 0 fully saturated rings. The third kappa shape index (κ3) is 5.39. The number of hydrogen-bond acceptors (Lipinski definition) is 3. The van der Waals surface area contributed by atoms with Gasteiger partial charge < -0.3 is 13.9 Å². The van der Waals surface area contributed by atoms with Gasteiger partial charge in [-0.05, 0) is 33.1 Å². The van der Waals surface area contributed by atoms with E-state index in [1.165, 1.54) is 0 Å². The first-order chi connectivity index (χ1) is 10.5. The molecule has 0 radical (unpaired) electrons. The zero-order valence-electron chi connectivity index (χ0n) is 13.3. The van der Waals surface area contributed by atoms with Crippen LogP contribution in [0.1, 0.15) is 38.7 Å². The van der Waals surface area contributed by atoms with E-state index in [2.05, 4.69) is 0 Å². The van der Waals surface area contributed by atoms with E-state index in [0.29, 0.717) is 55.1 Å². The lowest BCUT2D eigenvalue weighted by Crippen LogP contribution is -2.38. The predicted molar refractivity (Wildman–Crippen MR) is 80.9 cm³/mol. The highest BCUT2D eigenvalue weighted by molar-refractivity contribution is 5.98. The Labute approximate surface area is 132 Å². The molecule has 0 aliphatic heterocycles. The molecule has 0 saturated carbocycles. The summed E-state index contributed by atoms with van der Waals surface area (Å²) in [5, 5.41) is 0. The number of halogens is 3. The summed E-state index contributed by atoms with van der Waals surface area (Å²) in [6, 6.07) is 1.40. The van der Waals surface area contributed by atoms with Crippen molar-refractivity contribution in [2.45, 2.75) is 45.5 Å². The third-order valence-electron chi connectivity index (χ3n) is 3.31. The molecule has 1 aromatic rings. The molecule has 0 aliphatic carbocycles. The van der Waals surface area contributed by atoms with Crippen LogP contribution in [0.2, 0.25) is 0 Å². The minimum absolute atomic E-state index is 0.0911. The lowest BCUT2D eigenvalue weighted by molar-refractivity contribution is -0.344. The lowest BCUT2D eigenvalue weighted by Gasteiger charge is -2.31. The van der Waals surface area contributed by atoms with Crippen LogP contribution in [-0.2, 0) is 20.3 Å². The van der Waals surface area contributed by atoms with Gasteiger partial charge >= 0.3 is 0 Å². The van der Waals surface area contributed by atoms with Gasteiger partial charge in [0.25, 0.3) is 5.97 Å². The van der Waals surface area contributed by atoms with Crippen LogP contribution in [-0.4, -0.2) is 29.7 Å². The zero-order valence-corrected chi connectivity index (χ0v) is 15.3. The maximum absolute atomic E-state index is 13.5. The Morgan fingerprint density at radius 2 is 1.55 bits per heavy atom. The van der Waals surface area contributed by atoms with Crippen molar-refractivity contribution in [3.05, 3.63) is 35.1 Å². The first kappa shape index (κ1) is 19.2. The maximum Gasteiger partial charge on any atom is 0.272 e. The van der Waals surface area contributed by atoms with Crippen molar-refractivity contribution in [1.29, 1.82) is 0 Å². The standard InChI is InChI=1S/C15H23F3O3Si/c1-3-19-15(21-22,20-4-2)8-6-5-7-12-13(17)9-11(16)10-14(12)18/h9-10H,3-8H2,1-2,22H3. The first-order valence-electron chi connectivity index (χ1n) is 7.44. The van der Waals surface area contributed by atoms with Crippen LogP contribution in [0, 0.1) is 17.5 Å². The van der Waals surface area contributed by atoms with Crippen molar-refractivity contribution in [1.82, 2.24) is 0 Å².